The lowest BCUT2D eigenvalue weighted by molar-refractivity contribution is 0.0949. The van der Waals surface area contributed by atoms with Crippen LogP contribution in [0.15, 0.2) is 23.0 Å². The molecule has 18 heavy (non-hydrogen) atoms. The number of hydrogen-bond acceptors (Lipinski definition) is 6. The molecule has 0 atom stereocenters. The molecule has 1 amide bonds. The molecule has 0 spiro atoms. The zero-order chi connectivity index (χ0) is 13.0. The Labute approximate surface area is 103 Å². The second-order valence-corrected chi connectivity index (χ2v) is 3.66. The molecule has 0 bridgehead atoms. The first-order valence-electron chi connectivity index (χ1n) is 5.49. The van der Waals surface area contributed by atoms with Gasteiger partial charge in [-0.15, -0.1) is 0 Å². The molecule has 2 aromatic rings. The van der Waals surface area contributed by atoms with Crippen molar-refractivity contribution in [1.82, 2.24) is 20.4 Å². The molecule has 3 N–H and O–H groups in total. The van der Waals surface area contributed by atoms with Crippen LogP contribution in [0.2, 0.25) is 0 Å². The first-order chi connectivity index (χ1) is 8.69. The van der Waals surface area contributed by atoms with Gasteiger partial charge in [-0.05, 0) is 18.6 Å². The van der Waals surface area contributed by atoms with Crippen molar-refractivity contribution >= 4 is 11.7 Å². The molecule has 0 saturated carbocycles. The SMILES string of the molecule is CCc1cc(C(=O)NCc2ncon2)cc(N)n1. The van der Waals surface area contributed by atoms with E-state index in [1.165, 1.54) is 12.5 Å². The first-order valence-corrected chi connectivity index (χ1v) is 5.49. The average Bonchev–Trinajstić information content (AvgIpc) is 2.88. The van der Waals surface area contributed by atoms with Gasteiger partial charge in [-0.2, -0.15) is 4.98 Å². The van der Waals surface area contributed by atoms with Crippen LogP contribution < -0.4 is 11.1 Å². The number of hydrogen-bond donors (Lipinski definition) is 2. The van der Waals surface area contributed by atoms with Crippen LogP contribution in [-0.4, -0.2) is 21.0 Å². The summed E-state index contributed by atoms with van der Waals surface area (Å²) in [5.41, 5.74) is 6.89. The molecule has 7 nitrogen and oxygen atoms in total. The molecule has 0 fully saturated rings. The van der Waals surface area contributed by atoms with Gasteiger partial charge < -0.3 is 15.6 Å². The number of aromatic nitrogens is 3. The van der Waals surface area contributed by atoms with Crippen LogP contribution in [0, 0.1) is 0 Å². The molecule has 2 rings (SSSR count). The highest BCUT2D eigenvalue weighted by Gasteiger charge is 2.09. The normalized spacial score (nSPS) is 10.3. The highest BCUT2D eigenvalue weighted by Crippen LogP contribution is 2.08. The summed E-state index contributed by atoms with van der Waals surface area (Å²) in [6.45, 7) is 2.15. The maximum atomic E-state index is 11.9. The van der Waals surface area contributed by atoms with Crippen LogP contribution in [0.1, 0.15) is 28.8 Å². The highest BCUT2D eigenvalue weighted by atomic mass is 16.5. The predicted molar refractivity (Wildman–Crippen MR) is 63.5 cm³/mol. The quantitative estimate of drug-likeness (QED) is 0.816. The monoisotopic (exact) mass is 247 g/mol. The number of pyridine rings is 1. The summed E-state index contributed by atoms with van der Waals surface area (Å²) in [5.74, 6) is 0.503. The third-order valence-corrected chi connectivity index (χ3v) is 2.34. The maximum absolute atomic E-state index is 11.9. The molecule has 94 valence electrons. The third kappa shape index (κ3) is 2.82. The Morgan fingerprint density at radius 3 is 3.00 bits per heavy atom. The molecular weight excluding hydrogens is 234 g/mol. The van der Waals surface area contributed by atoms with Crippen molar-refractivity contribution in [1.29, 1.82) is 0 Å². The number of carbonyl (C=O) groups is 1. The van der Waals surface area contributed by atoms with Crippen molar-refractivity contribution in [3.05, 3.63) is 35.6 Å². The Morgan fingerprint density at radius 1 is 1.50 bits per heavy atom. The van der Waals surface area contributed by atoms with E-state index in [9.17, 15) is 4.79 Å². The predicted octanol–water partition coefficient (Wildman–Crippen LogP) is 0.539. The van der Waals surface area contributed by atoms with Gasteiger partial charge >= 0.3 is 0 Å². The van der Waals surface area contributed by atoms with E-state index in [1.807, 2.05) is 6.92 Å². The van der Waals surface area contributed by atoms with E-state index in [2.05, 4.69) is 25.0 Å². The van der Waals surface area contributed by atoms with Gasteiger partial charge in [0.05, 0.1) is 6.54 Å². The smallest absolute Gasteiger partial charge is 0.251 e. The van der Waals surface area contributed by atoms with E-state index in [1.54, 1.807) is 6.07 Å². The van der Waals surface area contributed by atoms with Crippen LogP contribution in [0.25, 0.3) is 0 Å². The number of anilines is 1. The fourth-order valence-electron chi connectivity index (χ4n) is 1.45. The molecule has 0 aliphatic carbocycles. The number of nitrogens with one attached hydrogen (secondary N) is 1. The van der Waals surface area contributed by atoms with E-state index >= 15 is 0 Å². The molecule has 7 heteroatoms. The van der Waals surface area contributed by atoms with Gasteiger partial charge in [-0.25, -0.2) is 4.98 Å². The van der Waals surface area contributed by atoms with Crippen molar-refractivity contribution in [2.45, 2.75) is 19.9 Å². The van der Waals surface area contributed by atoms with Gasteiger partial charge in [0, 0.05) is 11.3 Å². The molecule has 0 aliphatic heterocycles. The summed E-state index contributed by atoms with van der Waals surface area (Å²) in [6, 6.07) is 3.24. The van der Waals surface area contributed by atoms with E-state index < -0.39 is 0 Å². The van der Waals surface area contributed by atoms with Crippen molar-refractivity contribution < 1.29 is 9.32 Å². The van der Waals surface area contributed by atoms with Crippen molar-refractivity contribution in [3.63, 3.8) is 0 Å². The fourth-order valence-corrected chi connectivity index (χ4v) is 1.45. The molecule has 2 aromatic heterocycles. The number of carbonyl (C=O) groups excluding carboxylic acids is 1. The van der Waals surface area contributed by atoms with Crippen LogP contribution in [0.5, 0.6) is 0 Å². The lowest BCUT2D eigenvalue weighted by atomic mass is 10.2. The summed E-state index contributed by atoms with van der Waals surface area (Å²) in [4.78, 5) is 19.8. The number of aryl methyl sites for hydroxylation is 1. The summed E-state index contributed by atoms with van der Waals surface area (Å²) in [7, 11) is 0. The van der Waals surface area contributed by atoms with Crippen molar-refractivity contribution in [3.8, 4) is 0 Å². The second-order valence-electron chi connectivity index (χ2n) is 3.66. The van der Waals surface area contributed by atoms with Crippen LogP contribution >= 0.6 is 0 Å². The van der Waals surface area contributed by atoms with Gasteiger partial charge in [0.25, 0.3) is 5.91 Å². The van der Waals surface area contributed by atoms with E-state index in [-0.39, 0.29) is 12.5 Å². The Kier molecular flexibility index (Phi) is 3.52. The number of amides is 1. The van der Waals surface area contributed by atoms with Crippen molar-refractivity contribution in [2.24, 2.45) is 0 Å². The third-order valence-electron chi connectivity index (χ3n) is 2.34. The Balaban J connectivity index is 2.06. The summed E-state index contributed by atoms with van der Waals surface area (Å²) >= 11 is 0. The number of nitrogens with two attached hydrogens (primary N) is 1. The fraction of sp³-hybridized carbons (Fsp3) is 0.273. The number of nitrogens with zero attached hydrogens (tertiary/aromatic N) is 3. The number of nitrogen functional groups attached to an aromatic ring is 1. The molecule has 2 heterocycles. The first kappa shape index (κ1) is 12.0. The highest BCUT2D eigenvalue weighted by molar-refractivity contribution is 5.94. The minimum absolute atomic E-state index is 0.207. The standard InChI is InChI=1S/C11H13N5O2/c1-2-8-3-7(4-9(12)15-8)11(17)13-5-10-14-6-18-16-10/h3-4,6H,2,5H2,1H3,(H2,12,15)(H,13,17). The minimum Gasteiger partial charge on any atom is -0.384 e. The lowest BCUT2D eigenvalue weighted by Crippen LogP contribution is -2.23. The average molecular weight is 247 g/mol. The Hall–Kier alpha value is -2.44. The summed E-state index contributed by atoms with van der Waals surface area (Å²) in [5, 5.41) is 6.27. The van der Waals surface area contributed by atoms with Gasteiger partial charge in [0.15, 0.2) is 5.82 Å². The maximum Gasteiger partial charge on any atom is 0.251 e. The Morgan fingerprint density at radius 2 is 2.33 bits per heavy atom. The van der Waals surface area contributed by atoms with Gasteiger partial charge in [-0.3, -0.25) is 4.79 Å². The van der Waals surface area contributed by atoms with Gasteiger partial charge in [0.2, 0.25) is 6.39 Å². The van der Waals surface area contributed by atoms with E-state index in [0.717, 1.165) is 12.1 Å². The van der Waals surface area contributed by atoms with Crippen LogP contribution in [0.4, 0.5) is 5.82 Å². The second kappa shape index (κ2) is 5.26. The summed E-state index contributed by atoms with van der Waals surface area (Å²) < 4.78 is 4.57. The van der Waals surface area contributed by atoms with Crippen LogP contribution in [0.3, 0.4) is 0 Å². The molecule has 0 saturated heterocycles. The molecule has 0 aromatic carbocycles. The molecular formula is C11H13N5O2. The lowest BCUT2D eigenvalue weighted by Gasteiger charge is -2.05. The zero-order valence-electron chi connectivity index (χ0n) is 9.88. The summed E-state index contributed by atoms with van der Waals surface area (Å²) in [6.07, 6.45) is 1.93. The molecule has 0 unspecified atom stereocenters. The van der Waals surface area contributed by atoms with E-state index in [4.69, 9.17) is 5.73 Å². The molecule has 0 radical (unpaired) electrons. The van der Waals surface area contributed by atoms with Crippen LogP contribution in [-0.2, 0) is 13.0 Å². The molecule has 0 aliphatic rings. The van der Waals surface area contributed by atoms with E-state index in [0.29, 0.717) is 17.2 Å². The van der Waals surface area contributed by atoms with Gasteiger partial charge in [-0.1, -0.05) is 12.1 Å². The zero-order valence-corrected chi connectivity index (χ0v) is 9.88. The minimum atomic E-state index is -0.247. The van der Waals surface area contributed by atoms with Gasteiger partial charge in [0.1, 0.15) is 5.82 Å². The largest absolute Gasteiger partial charge is 0.384 e. The topological polar surface area (TPSA) is 107 Å². The Bertz CT molecular complexity index is 538. The number of rotatable bonds is 4. The van der Waals surface area contributed by atoms with Crippen molar-refractivity contribution in [2.75, 3.05) is 5.73 Å².